The molecule has 1 aromatic carbocycles. The molecule has 0 fully saturated rings. The van der Waals surface area contributed by atoms with Crippen LogP contribution < -0.4 is 5.32 Å². The number of aryl methyl sites for hydroxylation is 3. The minimum absolute atomic E-state index is 0.389. The highest BCUT2D eigenvalue weighted by molar-refractivity contribution is 5.26. The van der Waals surface area contributed by atoms with Crippen LogP contribution in [0.3, 0.4) is 0 Å². The fraction of sp³-hybridized carbons (Fsp3) is 0.500. The number of nitrogens with one attached hydrogen (secondary N) is 1. The van der Waals surface area contributed by atoms with E-state index < -0.39 is 0 Å². The van der Waals surface area contributed by atoms with Crippen molar-refractivity contribution in [1.29, 1.82) is 0 Å². The second kappa shape index (κ2) is 7.99. The lowest BCUT2D eigenvalue weighted by Crippen LogP contribution is -2.21. The Balaban J connectivity index is 2.03. The number of hydrogen-bond donors (Lipinski definition) is 1. The molecule has 0 aliphatic rings. The average molecular weight is 285 g/mol. The van der Waals surface area contributed by atoms with E-state index in [0.717, 1.165) is 32.4 Å². The Morgan fingerprint density at radius 3 is 2.76 bits per heavy atom. The lowest BCUT2D eigenvalue weighted by Gasteiger charge is -2.17. The molecule has 0 amide bonds. The van der Waals surface area contributed by atoms with Gasteiger partial charge in [-0.1, -0.05) is 38.1 Å². The van der Waals surface area contributed by atoms with E-state index >= 15 is 0 Å². The van der Waals surface area contributed by atoms with Crippen molar-refractivity contribution in [3.8, 4) is 0 Å². The molecule has 0 bridgehead atoms. The molecule has 1 atom stereocenters. The van der Waals surface area contributed by atoms with Crippen molar-refractivity contribution >= 4 is 0 Å². The lowest BCUT2D eigenvalue weighted by atomic mass is 9.98. The largest absolute Gasteiger partial charge is 0.310 e. The zero-order chi connectivity index (χ0) is 15.1. The Labute approximate surface area is 128 Å². The molecule has 1 aromatic heterocycles. The molecule has 0 saturated heterocycles. The standard InChI is InChI=1S/C18H27N3/c1-4-12-21-14-17(13-20-21)18(19-5-2)11-10-16-9-7-6-8-15(16)3/h6-9,13-14,18-19H,4-5,10-12H2,1-3H3. The van der Waals surface area contributed by atoms with Gasteiger partial charge in [0.05, 0.1) is 6.20 Å². The van der Waals surface area contributed by atoms with E-state index in [0.29, 0.717) is 6.04 Å². The molecule has 0 aliphatic carbocycles. The molecule has 21 heavy (non-hydrogen) atoms. The second-order valence-corrected chi connectivity index (χ2v) is 5.61. The minimum Gasteiger partial charge on any atom is -0.310 e. The van der Waals surface area contributed by atoms with E-state index in [4.69, 9.17) is 0 Å². The number of hydrogen-bond acceptors (Lipinski definition) is 2. The van der Waals surface area contributed by atoms with Crippen LogP contribution in [0.2, 0.25) is 0 Å². The van der Waals surface area contributed by atoms with Gasteiger partial charge in [-0.3, -0.25) is 4.68 Å². The van der Waals surface area contributed by atoms with Crippen molar-refractivity contribution < 1.29 is 0 Å². The maximum Gasteiger partial charge on any atom is 0.0537 e. The predicted molar refractivity (Wildman–Crippen MR) is 88.4 cm³/mol. The number of benzene rings is 1. The number of rotatable bonds is 8. The van der Waals surface area contributed by atoms with Gasteiger partial charge in [-0.2, -0.15) is 5.10 Å². The Hall–Kier alpha value is -1.61. The summed E-state index contributed by atoms with van der Waals surface area (Å²) in [6.45, 7) is 8.52. The summed E-state index contributed by atoms with van der Waals surface area (Å²) in [6, 6.07) is 9.05. The molecular weight excluding hydrogens is 258 g/mol. The Bertz CT molecular complexity index is 545. The second-order valence-electron chi connectivity index (χ2n) is 5.61. The van der Waals surface area contributed by atoms with E-state index in [9.17, 15) is 0 Å². The van der Waals surface area contributed by atoms with Crippen molar-refractivity contribution in [3.05, 3.63) is 53.3 Å². The summed E-state index contributed by atoms with van der Waals surface area (Å²) in [4.78, 5) is 0. The Kier molecular flexibility index (Phi) is 6.00. The van der Waals surface area contributed by atoms with E-state index in [1.807, 2.05) is 10.9 Å². The highest BCUT2D eigenvalue weighted by atomic mass is 15.3. The van der Waals surface area contributed by atoms with Crippen LogP contribution in [0, 0.1) is 6.92 Å². The highest BCUT2D eigenvalue weighted by Gasteiger charge is 2.13. The molecule has 0 aliphatic heterocycles. The molecule has 2 aromatic rings. The first-order valence-electron chi connectivity index (χ1n) is 8.04. The summed E-state index contributed by atoms with van der Waals surface area (Å²) in [6.07, 6.45) is 7.53. The van der Waals surface area contributed by atoms with Gasteiger partial charge < -0.3 is 5.32 Å². The van der Waals surface area contributed by atoms with Crippen LogP contribution in [0.1, 0.15) is 49.4 Å². The molecule has 114 valence electrons. The van der Waals surface area contributed by atoms with Gasteiger partial charge in [0.1, 0.15) is 0 Å². The van der Waals surface area contributed by atoms with E-state index in [1.165, 1.54) is 16.7 Å². The van der Waals surface area contributed by atoms with Gasteiger partial charge in [0.15, 0.2) is 0 Å². The molecular formula is C18H27N3. The van der Waals surface area contributed by atoms with Gasteiger partial charge in [0.25, 0.3) is 0 Å². The van der Waals surface area contributed by atoms with Gasteiger partial charge in [-0.25, -0.2) is 0 Å². The van der Waals surface area contributed by atoms with Gasteiger partial charge in [-0.15, -0.1) is 0 Å². The summed E-state index contributed by atoms with van der Waals surface area (Å²) in [5.41, 5.74) is 4.13. The molecule has 3 nitrogen and oxygen atoms in total. The number of nitrogens with zero attached hydrogens (tertiary/aromatic N) is 2. The molecule has 2 rings (SSSR count). The maximum absolute atomic E-state index is 4.46. The monoisotopic (exact) mass is 285 g/mol. The van der Waals surface area contributed by atoms with Crippen LogP contribution in [-0.4, -0.2) is 16.3 Å². The zero-order valence-corrected chi connectivity index (χ0v) is 13.5. The van der Waals surface area contributed by atoms with Crippen LogP contribution in [0.25, 0.3) is 0 Å². The molecule has 3 heteroatoms. The zero-order valence-electron chi connectivity index (χ0n) is 13.5. The number of aromatic nitrogens is 2. The maximum atomic E-state index is 4.46. The summed E-state index contributed by atoms with van der Waals surface area (Å²) >= 11 is 0. The quantitative estimate of drug-likeness (QED) is 0.797. The van der Waals surface area contributed by atoms with Crippen molar-refractivity contribution in [2.75, 3.05) is 6.54 Å². The SMILES string of the molecule is CCCn1cc(C(CCc2ccccc2C)NCC)cn1. The molecule has 0 radical (unpaired) electrons. The predicted octanol–water partition coefficient (Wildman–Crippen LogP) is 3.88. The molecule has 0 spiro atoms. The smallest absolute Gasteiger partial charge is 0.0537 e. The van der Waals surface area contributed by atoms with Gasteiger partial charge in [0, 0.05) is 24.3 Å². The van der Waals surface area contributed by atoms with Crippen LogP contribution in [0.4, 0.5) is 0 Å². The van der Waals surface area contributed by atoms with Crippen LogP contribution in [-0.2, 0) is 13.0 Å². The summed E-state index contributed by atoms with van der Waals surface area (Å²) in [5, 5.41) is 8.05. The Morgan fingerprint density at radius 1 is 1.24 bits per heavy atom. The van der Waals surface area contributed by atoms with Crippen molar-refractivity contribution in [2.24, 2.45) is 0 Å². The normalized spacial score (nSPS) is 12.5. The van der Waals surface area contributed by atoms with Crippen LogP contribution in [0.15, 0.2) is 36.7 Å². The highest BCUT2D eigenvalue weighted by Crippen LogP contribution is 2.20. The topological polar surface area (TPSA) is 29.9 Å². The van der Waals surface area contributed by atoms with Crippen molar-refractivity contribution in [3.63, 3.8) is 0 Å². The van der Waals surface area contributed by atoms with E-state index in [1.54, 1.807) is 0 Å². The first kappa shape index (κ1) is 15.8. The summed E-state index contributed by atoms with van der Waals surface area (Å²) in [5.74, 6) is 0. The molecule has 0 saturated carbocycles. The third-order valence-electron chi connectivity index (χ3n) is 3.92. The van der Waals surface area contributed by atoms with Crippen LogP contribution in [0.5, 0.6) is 0 Å². The molecule has 1 unspecified atom stereocenters. The summed E-state index contributed by atoms with van der Waals surface area (Å²) < 4.78 is 2.05. The minimum atomic E-state index is 0.389. The summed E-state index contributed by atoms with van der Waals surface area (Å²) in [7, 11) is 0. The van der Waals surface area contributed by atoms with Crippen LogP contribution >= 0.6 is 0 Å². The fourth-order valence-electron chi connectivity index (χ4n) is 2.73. The average Bonchev–Trinajstić information content (AvgIpc) is 2.94. The van der Waals surface area contributed by atoms with Crippen molar-refractivity contribution in [2.45, 2.75) is 52.6 Å². The molecule has 1 heterocycles. The lowest BCUT2D eigenvalue weighted by molar-refractivity contribution is 0.513. The van der Waals surface area contributed by atoms with Gasteiger partial charge in [-0.05, 0) is 43.9 Å². The third-order valence-corrected chi connectivity index (χ3v) is 3.92. The van der Waals surface area contributed by atoms with Gasteiger partial charge >= 0.3 is 0 Å². The van der Waals surface area contributed by atoms with Crippen molar-refractivity contribution in [1.82, 2.24) is 15.1 Å². The fourth-order valence-corrected chi connectivity index (χ4v) is 2.73. The first-order chi connectivity index (χ1) is 10.2. The Morgan fingerprint density at radius 2 is 2.05 bits per heavy atom. The van der Waals surface area contributed by atoms with E-state index in [2.05, 4.69) is 61.6 Å². The first-order valence-corrected chi connectivity index (χ1v) is 8.04. The molecule has 1 N–H and O–H groups in total. The van der Waals surface area contributed by atoms with Gasteiger partial charge in [0.2, 0.25) is 0 Å². The third kappa shape index (κ3) is 4.43. The van der Waals surface area contributed by atoms with E-state index in [-0.39, 0.29) is 0 Å².